The summed E-state index contributed by atoms with van der Waals surface area (Å²) in [5.41, 5.74) is 0. The summed E-state index contributed by atoms with van der Waals surface area (Å²) in [5, 5.41) is 11.6. The molecule has 0 aliphatic carbocycles. The van der Waals surface area contributed by atoms with E-state index in [1.54, 1.807) is 11.1 Å². The molecule has 1 aromatic heterocycles. The van der Waals surface area contributed by atoms with Crippen LogP contribution >= 0.6 is 0 Å². The number of carbonyl (C=O) groups excluding carboxylic acids is 1. The highest BCUT2D eigenvalue weighted by Crippen LogP contribution is 2.20. The van der Waals surface area contributed by atoms with Crippen LogP contribution in [-0.2, 0) is 18.4 Å². The fourth-order valence-corrected chi connectivity index (χ4v) is 2.42. The van der Waals surface area contributed by atoms with Crippen molar-refractivity contribution < 1.29 is 14.7 Å². The smallest absolute Gasteiger partial charge is 0.317 e. The molecule has 2 heterocycles. The van der Waals surface area contributed by atoms with Crippen LogP contribution in [0.3, 0.4) is 0 Å². The van der Waals surface area contributed by atoms with Crippen LogP contribution in [-0.4, -0.2) is 44.6 Å². The van der Waals surface area contributed by atoms with Crippen LogP contribution in [0, 0.1) is 5.92 Å². The van der Waals surface area contributed by atoms with E-state index in [0.717, 1.165) is 18.7 Å². The second kappa shape index (κ2) is 6.40. The maximum atomic E-state index is 12.0. The van der Waals surface area contributed by atoms with Gasteiger partial charge in [0.05, 0.1) is 6.54 Å². The zero-order valence-electron chi connectivity index (χ0n) is 11.6. The van der Waals surface area contributed by atoms with Crippen LogP contribution in [0.1, 0.15) is 25.1 Å². The van der Waals surface area contributed by atoms with Crippen molar-refractivity contribution in [1.29, 1.82) is 0 Å². The Morgan fingerprint density at radius 1 is 1.45 bits per heavy atom. The Bertz CT molecular complexity index is 478. The number of aliphatic carboxylic acids is 1. The van der Waals surface area contributed by atoms with E-state index in [1.165, 1.54) is 0 Å². The summed E-state index contributed by atoms with van der Waals surface area (Å²) >= 11 is 0. The first kappa shape index (κ1) is 14.4. The fraction of sp³-hybridized carbons (Fsp3) is 0.615. The van der Waals surface area contributed by atoms with Gasteiger partial charge < -0.3 is 19.9 Å². The molecule has 2 amide bonds. The lowest BCUT2D eigenvalue weighted by atomic mass is 9.94. The predicted molar refractivity (Wildman–Crippen MR) is 72.0 cm³/mol. The van der Waals surface area contributed by atoms with Gasteiger partial charge in [0.2, 0.25) is 0 Å². The molecule has 2 rings (SSSR count). The largest absolute Gasteiger partial charge is 0.481 e. The molecule has 0 atom stereocenters. The number of amides is 2. The minimum atomic E-state index is -0.761. The van der Waals surface area contributed by atoms with Crippen molar-refractivity contribution in [3.63, 3.8) is 0 Å². The Labute approximate surface area is 117 Å². The van der Waals surface area contributed by atoms with Crippen LogP contribution in [0.15, 0.2) is 12.4 Å². The maximum Gasteiger partial charge on any atom is 0.317 e. The van der Waals surface area contributed by atoms with Gasteiger partial charge in [-0.25, -0.2) is 9.78 Å². The van der Waals surface area contributed by atoms with Crippen LogP contribution in [0.25, 0.3) is 0 Å². The predicted octanol–water partition coefficient (Wildman–Crippen LogP) is 0.816. The van der Waals surface area contributed by atoms with Crippen molar-refractivity contribution >= 4 is 12.0 Å². The number of likely N-dealkylation sites (tertiary alicyclic amines) is 1. The van der Waals surface area contributed by atoms with E-state index < -0.39 is 5.97 Å². The van der Waals surface area contributed by atoms with E-state index in [0.29, 0.717) is 19.6 Å². The molecule has 1 aliphatic rings. The molecule has 0 spiro atoms. The lowest BCUT2D eigenvalue weighted by Gasteiger charge is -2.31. The number of aromatic nitrogens is 2. The van der Waals surface area contributed by atoms with Gasteiger partial charge in [0, 0.05) is 39.0 Å². The number of piperidine rings is 1. The topological polar surface area (TPSA) is 87.5 Å². The summed E-state index contributed by atoms with van der Waals surface area (Å²) in [4.78, 5) is 28.5. The average molecular weight is 280 g/mol. The first-order valence-electron chi connectivity index (χ1n) is 6.77. The number of hydrogen-bond donors (Lipinski definition) is 2. The van der Waals surface area contributed by atoms with Crippen LogP contribution in [0.4, 0.5) is 4.79 Å². The minimum Gasteiger partial charge on any atom is -0.481 e. The normalized spacial score (nSPS) is 16.1. The zero-order valence-corrected chi connectivity index (χ0v) is 11.6. The summed E-state index contributed by atoms with van der Waals surface area (Å²) in [6.07, 6.45) is 5.23. The Kier molecular flexibility index (Phi) is 4.60. The minimum absolute atomic E-state index is 0.109. The first-order valence-corrected chi connectivity index (χ1v) is 6.77. The molecular formula is C13H20N4O3. The van der Waals surface area contributed by atoms with Crippen molar-refractivity contribution in [3.05, 3.63) is 18.2 Å². The van der Waals surface area contributed by atoms with Gasteiger partial charge in [-0.05, 0) is 18.8 Å². The van der Waals surface area contributed by atoms with Crippen molar-refractivity contribution in [2.75, 3.05) is 13.1 Å². The molecule has 0 aromatic carbocycles. The van der Waals surface area contributed by atoms with E-state index in [4.69, 9.17) is 5.11 Å². The maximum absolute atomic E-state index is 12.0. The number of rotatable bonds is 4. The highest BCUT2D eigenvalue weighted by Gasteiger charge is 2.24. The molecular weight excluding hydrogens is 260 g/mol. The monoisotopic (exact) mass is 280 g/mol. The van der Waals surface area contributed by atoms with Crippen molar-refractivity contribution in [3.8, 4) is 0 Å². The Morgan fingerprint density at radius 2 is 2.15 bits per heavy atom. The molecule has 20 heavy (non-hydrogen) atoms. The molecule has 0 bridgehead atoms. The molecule has 110 valence electrons. The number of aryl methyl sites for hydroxylation is 1. The summed E-state index contributed by atoms with van der Waals surface area (Å²) in [5.74, 6) is 0.230. The lowest BCUT2D eigenvalue weighted by Crippen LogP contribution is -2.44. The highest BCUT2D eigenvalue weighted by molar-refractivity contribution is 5.74. The summed E-state index contributed by atoms with van der Waals surface area (Å²) in [6, 6.07) is -0.109. The molecule has 1 saturated heterocycles. The van der Waals surface area contributed by atoms with Crippen molar-refractivity contribution in [2.45, 2.75) is 25.8 Å². The van der Waals surface area contributed by atoms with E-state index in [-0.39, 0.29) is 18.4 Å². The third-order valence-corrected chi connectivity index (χ3v) is 3.68. The van der Waals surface area contributed by atoms with Gasteiger partial charge >= 0.3 is 12.0 Å². The second-order valence-electron chi connectivity index (χ2n) is 5.14. The van der Waals surface area contributed by atoms with Gasteiger partial charge in [-0.3, -0.25) is 4.79 Å². The Hall–Kier alpha value is -2.05. The van der Waals surface area contributed by atoms with Crippen LogP contribution < -0.4 is 5.32 Å². The molecule has 0 saturated carbocycles. The number of carbonyl (C=O) groups is 2. The fourth-order valence-electron chi connectivity index (χ4n) is 2.42. The molecule has 0 radical (unpaired) electrons. The number of carboxylic acid groups (broad SMARTS) is 1. The first-order chi connectivity index (χ1) is 9.56. The van der Waals surface area contributed by atoms with E-state index in [1.807, 2.05) is 17.8 Å². The van der Waals surface area contributed by atoms with Gasteiger partial charge in [-0.15, -0.1) is 0 Å². The third kappa shape index (κ3) is 3.72. The number of nitrogens with zero attached hydrogens (tertiary/aromatic N) is 3. The Balaban J connectivity index is 1.74. The van der Waals surface area contributed by atoms with Crippen molar-refractivity contribution in [1.82, 2.24) is 19.8 Å². The highest BCUT2D eigenvalue weighted by atomic mass is 16.4. The van der Waals surface area contributed by atoms with E-state index in [9.17, 15) is 9.59 Å². The quantitative estimate of drug-likeness (QED) is 0.854. The molecule has 0 unspecified atom stereocenters. The van der Waals surface area contributed by atoms with E-state index >= 15 is 0 Å². The standard InChI is InChI=1S/C13H20N4O3/c1-16-7-4-14-11(16)9-15-13(20)17-5-2-10(3-6-17)8-12(18)19/h4,7,10H,2-3,5-6,8-9H2,1H3,(H,15,20)(H,18,19). The van der Waals surface area contributed by atoms with Gasteiger partial charge in [0.25, 0.3) is 0 Å². The van der Waals surface area contributed by atoms with Gasteiger partial charge in [0.15, 0.2) is 0 Å². The molecule has 7 heteroatoms. The SMILES string of the molecule is Cn1ccnc1CNC(=O)N1CCC(CC(=O)O)CC1. The van der Waals surface area contributed by atoms with E-state index in [2.05, 4.69) is 10.3 Å². The van der Waals surface area contributed by atoms with Crippen LogP contribution in [0.2, 0.25) is 0 Å². The van der Waals surface area contributed by atoms with Crippen molar-refractivity contribution in [2.24, 2.45) is 13.0 Å². The average Bonchev–Trinajstić information content (AvgIpc) is 2.82. The van der Waals surface area contributed by atoms with Gasteiger partial charge in [0.1, 0.15) is 5.82 Å². The summed E-state index contributed by atoms with van der Waals surface area (Å²) in [7, 11) is 1.88. The van der Waals surface area contributed by atoms with Crippen LogP contribution in [0.5, 0.6) is 0 Å². The summed E-state index contributed by atoms with van der Waals surface area (Å²) < 4.78 is 1.86. The third-order valence-electron chi connectivity index (χ3n) is 3.68. The second-order valence-corrected chi connectivity index (χ2v) is 5.14. The van der Waals surface area contributed by atoms with Gasteiger partial charge in [-0.1, -0.05) is 0 Å². The Morgan fingerprint density at radius 3 is 2.70 bits per heavy atom. The molecule has 1 aliphatic heterocycles. The number of imidazole rings is 1. The number of hydrogen-bond acceptors (Lipinski definition) is 3. The molecule has 1 fully saturated rings. The lowest BCUT2D eigenvalue weighted by molar-refractivity contribution is -0.138. The number of nitrogens with one attached hydrogen (secondary N) is 1. The molecule has 7 nitrogen and oxygen atoms in total. The number of urea groups is 1. The zero-order chi connectivity index (χ0) is 14.5. The summed E-state index contributed by atoms with van der Waals surface area (Å²) in [6.45, 7) is 1.63. The number of carboxylic acids is 1. The molecule has 1 aromatic rings. The molecule has 2 N–H and O–H groups in total. The van der Waals surface area contributed by atoms with Gasteiger partial charge in [-0.2, -0.15) is 0 Å².